The van der Waals surface area contributed by atoms with E-state index in [1.807, 2.05) is 0 Å². The Hall–Kier alpha value is -2.86. The van der Waals surface area contributed by atoms with E-state index < -0.39 is 11.9 Å². The van der Waals surface area contributed by atoms with Gasteiger partial charge in [0.25, 0.3) is 0 Å². The summed E-state index contributed by atoms with van der Waals surface area (Å²) in [5, 5.41) is 8.70. The molecule has 33 heavy (non-hydrogen) atoms. The van der Waals surface area contributed by atoms with Crippen LogP contribution >= 0.6 is 0 Å². The second-order valence-corrected chi connectivity index (χ2v) is 7.97. The van der Waals surface area contributed by atoms with Crippen LogP contribution in [0.5, 0.6) is 11.5 Å². The number of hydrogen-bond donors (Lipinski definition) is 1. The zero-order valence-corrected chi connectivity index (χ0v) is 19.6. The third-order valence-electron chi connectivity index (χ3n) is 5.23. The molecule has 180 valence electrons. The second kappa shape index (κ2) is 15.9. The van der Waals surface area contributed by atoms with Crippen LogP contribution in [0.4, 0.5) is 0 Å². The van der Waals surface area contributed by atoms with E-state index in [4.69, 9.17) is 19.3 Å². The fraction of sp³-hybridized carbons (Fsp3) is 0.481. The number of unbranched alkanes of at least 4 members (excludes halogenated alkanes) is 8. The van der Waals surface area contributed by atoms with Gasteiger partial charge in [-0.3, -0.25) is 0 Å². The maximum atomic E-state index is 12.3. The van der Waals surface area contributed by atoms with Gasteiger partial charge in [-0.05, 0) is 55.0 Å². The Morgan fingerprint density at radius 2 is 1.18 bits per heavy atom. The number of aliphatic hydroxyl groups excluding tert-OH is 1. The van der Waals surface area contributed by atoms with E-state index >= 15 is 0 Å². The lowest BCUT2D eigenvalue weighted by atomic mass is 10.1. The normalized spacial score (nSPS) is 10.6. The van der Waals surface area contributed by atoms with E-state index in [2.05, 4.69) is 6.92 Å². The van der Waals surface area contributed by atoms with E-state index in [1.54, 1.807) is 24.3 Å². The minimum atomic E-state index is -0.542. The highest BCUT2D eigenvalue weighted by Crippen LogP contribution is 2.18. The van der Waals surface area contributed by atoms with Crippen LogP contribution in [0.1, 0.15) is 85.4 Å². The van der Waals surface area contributed by atoms with Crippen molar-refractivity contribution in [2.45, 2.75) is 64.7 Å². The molecule has 0 radical (unpaired) electrons. The van der Waals surface area contributed by atoms with Crippen LogP contribution in [0.2, 0.25) is 0 Å². The van der Waals surface area contributed by atoms with Crippen LogP contribution < -0.4 is 9.47 Å². The zero-order valence-electron chi connectivity index (χ0n) is 19.6. The summed E-state index contributed by atoms with van der Waals surface area (Å²) in [6, 6.07) is 12.9. The Bertz CT molecular complexity index is 814. The van der Waals surface area contributed by atoms with Crippen LogP contribution in [0, 0.1) is 0 Å². The SMILES string of the molecule is CCCCCCCCCCCOc1ccc(C(=O)Oc2ccc(C(=O)OCCO)cc2)cc1. The molecule has 0 bridgehead atoms. The summed E-state index contributed by atoms with van der Waals surface area (Å²) in [6.07, 6.45) is 11.4. The molecule has 0 unspecified atom stereocenters. The summed E-state index contributed by atoms with van der Waals surface area (Å²) in [7, 11) is 0. The Balaban J connectivity index is 1.66. The number of aliphatic hydroxyl groups is 1. The molecule has 0 aromatic heterocycles. The standard InChI is InChI=1S/C27H36O6/c1-2-3-4-5-6-7-8-9-10-20-31-24-15-11-23(12-16-24)27(30)33-25-17-13-22(14-18-25)26(29)32-21-19-28/h11-18,28H,2-10,19-21H2,1H3. The topological polar surface area (TPSA) is 82.1 Å². The Morgan fingerprint density at radius 3 is 1.76 bits per heavy atom. The third-order valence-corrected chi connectivity index (χ3v) is 5.23. The van der Waals surface area contributed by atoms with Crippen LogP contribution in [-0.2, 0) is 4.74 Å². The molecule has 6 nitrogen and oxygen atoms in total. The molecule has 0 fully saturated rings. The highest BCUT2D eigenvalue weighted by Gasteiger charge is 2.11. The van der Waals surface area contributed by atoms with Gasteiger partial charge in [0.1, 0.15) is 18.1 Å². The van der Waals surface area contributed by atoms with Gasteiger partial charge in [-0.2, -0.15) is 0 Å². The predicted octanol–water partition coefficient (Wildman–Crippen LogP) is 5.96. The molecular formula is C27H36O6. The number of carbonyl (C=O) groups is 2. The van der Waals surface area contributed by atoms with Gasteiger partial charge in [0.2, 0.25) is 0 Å². The molecule has 2 aromatic rings. The summed E-state index contributed by atoms with van der Waals surface area (Å²) in [4.78, 5) is 24.1. The molecule has 2 aromatic carbocycles. The number of carbonyl (C=O) groups excluding carboxylic acids is 2. The van der Waals surface area contributed by atoms with Gasteiger partial charge in [0, 0.05) is 0 Å². The molecule has 0 heterocycles. The van der Waals surface area contributed by atoms with E-state index in [9.17, 15) is 9.59 Å². The van der Waals surface area contributed by atoms with Gasteiger partial charge in [0.05, 0.1) is 24.3 Å². The maximum Gasteiger partial charge on any atom is 0.343 e. The number of benzene rings is 2. The molecule has 0 aliphatic carbocycles. The summed E-state index contributed by atoms with van der Waals surface area (Å²) in [5.74, 6) is 0.0253. The maximum absolute atomic E-state index is 12.3. The van der Waals surface area contributed by atoms with Crippen molar-refractivity contribution < 1.29 is 28.9 Å². The molecule has 2 rings (SSSR count). The minimum Gasteiger partial charge on any atom is -0.494 e. The van der Waals surface area contributed by atoms with Crippen molar-refractivity contribution in [1.29, 1.82) is 0 Å². The predicted molar refractivity (Wildman–Crippen MR) is 128 cm³/mol. The average molecular weight is 457 g/mol. The minimum absolute atomic E-state index is 0.0610. The van der Waals surface area contributed by atoms with Crippen molar-refractivity contribution in [3.05, 3.63) is 59.7 Å². The molecule has 0 saturated carbocycles. The Kier molecular flexibility index (Phi) is 12.7. The largest absolute Gasteiger partial charge is 0.494 e. The molecule has 0 saturated heterocycles. The lowest BCUT2D eigenvalue weighted by molar-refractivity contribution is 0.0433. The van der Waals surface area contributed by atoms with Gasteiger partial charge in [-0.25, -0.2) is 9.59 Å². The van der Waals surface area contributed by atoms with Gasteiger partial charge in [-0.15, -0.1) is 0 Å². The highest BCUT2D eigenvalue weighted by molar-refractivity contribution is 5.92. The van der Waals surface area contributed by atoms with Gasteiger partial charge < -0.3 is 19.3 Å². The van der Waals surface area contributed by atoms with Gasteiger partial charge >= 0.3 is 11.9 Å². The molecule has 0 amide bonds. The van der Waals surface area contributed by atoms with Crippen molar-refractivity contribution in [1.82, 2.24) is 0 Å². The summed E-state index contributed by atoms with van der Waals surface area (Å²) in [5.41, 5.74) is 0.730. The fourth-order valence-corrected chi connectivity index (χ4v) is 3.34. The quantitative estimate of drug-likeness (QED) is 0.191. The first-order chi connectivity index (χ1) is 16.1. The molecule has 6 heteroatoms. The van der Waals surface area contributed by atoms with Crippen molar-refractivity contribution >= 4 is 11.9 Å². The molecule has 0 atom stereocenters. The first-order valence-corrected chi connectivity index (χ1v) is 12.0. The summed E-state index contributed by atoms with van der Waals surface area (Å²) >= 11 is 0. The highest BCUT2D eigenvalue weighted by atomic mass is 16.5. The van der Waals surface area contributed by atoms with Crippen molar-refractivity contribution in [2.75, 3.05) is 19.8 Å². The van der Waals surface area contributed by atoms with E-state index in [0.717, 1.165) is 12.2 Å². The number of esters is 2. The Morgan fingerprint density at radius 1 is 0.667 bits per heavy atom. The van der Waals surface area contributed by atoms with Crippen molar-refractivity contribution in [2.24, 2.45) is 0 Å². The van der Waals surface area contributed by atoms with Crippen LogP contribution in [-0.4, -0.2) is 36.9 Å². The lowest BCUT2D eigenvalue weighted by Crippen LogP contribution is -2.10. The molecule has 0 aliphatic heterocycles. The van der Waals surface area contributed by atoms with E-state index in [-0.39, 0.29) is 13.2 Å². The zero-order chi connectivity index (χ0) is 23.7. The number of hydrogen-bond acceptors (Lipinski definition) is 6. The monoisotopic (exact) mass is 456 g/mol. The fourth-order valence-electron chi connectivity index (χ4n) is 3.34. The van der Waals surface area contributed by atoms with Crippen LogP contribution in [0.3, 0.4) is 0 Å². The first kappa shape index (κ1) is 26.4. The van der Waals surface area contributed by atoms with Crippen molar-refractivity contribution in [3.63, 3.8) is 0 Å². The average Bonchev–Trinajstić information content (AvgIpc) is 2.84. The number of ether oxygens (including phenoxy) is 3. The molecule has 1 N–H and O–H groups in total. The summed E-state index contributed by atoms with van der Waals surface area (Å²) in [6.45, 7) is 2.62. The molecular weight excluding hydrogens is 420 g/mol. The summed E-state index contributed by atoms with van der Waals surface area (Å²) < 4.78 is 16.0. The number of rotatable bonds is 16. The molecule has 0 aliphatic rings. The van der Waals surface area contributed by atoms with Gasteiger partial charge in [0.15, 0.2) is 0 Å². The van der Waals surface area contributed by atoms with Crippen LogP contribution in [0.15, 0.2) is 48.5 Å². The smallest absolute Gasteiger partial charge is 0.343 e. The van der Waals surface area contributed by atoms with Crippen molar-refractivity contribution in [3.8, 4) is 11.5 Å². The van der Waals surface area contributed by atoms with Crippen LogP contribution in [0.25, 0.3) is 0 Å². The third kappa shape index (κ3) is 10.5. The van der Waals surface area contributed by atoms with E-state index in [1.165, 1.54) is 75.6 Å². The first-order valence-electron chi connectivity index (χ1n) is 12.0. The molecule has 0 spiro atoms. The van der Waals surface area contributed by atoms with Gasteiger partial charge in [-0.1, -0.05) is 58.3 Å². The second-order valence-electron chi connectivity index (χ2n) is 7.97. The Labute approximate surface area is 196 Å². The lowest BCUT2D eigenvalue weighted by Gasteiger charge is -2.08. The van der Waals surface area contributed by atoms with E-state index in [0.29, 0.717) is 23.5 Å².